The van der Waals surface area contributed by atoms with Gasteiger partial charge in [-0.25, -0.2) is 0 Å². The van der Waals surface area contributed by atoms with Crippen LogP contribution in [0.1, 0.15) is 12.0 Å². The highest BCUT2D eigenvalue weighted by atomic mass is 79.9. The zero-order valence-electron chi connectivity index (χ0n) is 8.24. The lowest BCUT2D eigenvalue weighted by molar-refractivity contribution is 1.27. The van der Waals surface area contributed by atoms with Crippen molar-refractivity contribution in [2.45, 2.75) is 6.42 Å². The molecule has 0 saturated carbocycles. The van der Waals surface area contributed by atoms with Crippen molar-refractivity contribution in [1.29, 1.82) is 0 Å². The molecule has 0 heterocycles. The maximum atomic E-state index is 5.36. The van der Waals surface area contributed by atoms with E-state index < -0.39 is 0 Å². The van der Waals surface area contributed by atoms with Crippen LogP contribution in [0.25, 0.3) is 6.08 Å². The van der Waals surface area contributed by atoms with E-state index in [1.807, 2.05) is 24.3 Å². The van der Waals surface area contributed by atoms with E-state index in [1.54, 1.807) is 0 Å². The van der Waals surface area contributed by atoms with Crippen molar-refractivity contribution in [2.75, 3.05) is 10.6 Å². The maximum Gasteiger partial charge on any atom is 0.168 e. The predicted molar refractivity (Wildman–Crippen MR) is 74.3 cm³/mol. The summed E-state index contributed by atoms with van der Waals surface area (Å²) in [6.45, 7) is 0. The quantitative estimate of drug-likeness (QED) is 0.659. The van der Waals surface area contributed by atoms with Crippen molar-refractivity contribution >= 4 is 45.0 Å². The lowest BCUT2D eigenvalue weighted by atomic mass is 10.2. The van der Waals surface area contributed by atoms with Crippen molar-refractivity contribution in [3.63, 3.8) is 0 Å². The lowest BCUT2D eigenvalue weighted by Crippen LogP contribution is -2.18. The Balaban J connectivity index is 2.60. The van der Waals surface area contributed by atoms with Crippen LogP contribution in [0.3, 0.4) is 0 Å². The van der Waals surface area contributed by atoms with Crippen molar-refractivity contribution in [1.82, 2.24) is 0 Å². The number of nitrogens with two attached hydrogens (primary N) is 1. The average Bonchev–Trinajstić information content (AvgIpc) is 2.20. The van der Waals surface area contributed by atoms with Crippen LogP contribution in [0.4, 0.5) is 5.69 Å². The smallest absolute Gasteiger partial charge is 0.168 e. The van der Waals surface area contributed by atoms with E-state index in [4.69, 9.17) is 18.0 Å². The molecule has 0 bridgehead atoms. The molecule has 1 rings (SSSR count). The van der Waals surface area contributed by atoms with Crippen LogP contribution in [-0.4, -0.2) is 10.4 Å². The van der Waals surface area contributed by atoms with Crippen LogP contribution >= 0.6 is 28.1 Å². The normalized spacial score (nSPS) is 10.5. The minimum absolute atomic E-state index is 0.289. The van der Waals surface area contributed by atoms with Crippen molar-refractivity contribution in [3.8, 4) is 0 Å². The summed E-state index contributed by atoms with van der Waals surface area (Å²) in [6.07, 6.45) is 5.25. The number of benzene rings is 1. The SMILES string of the molecule is NC(=S)Nc1ccc(C=CCCBr)cc1. The third kappa shape index (κ3) is 4.95. The van der Waals surface area contributed by atoms with Gasteiger partial charge in [0.05, 0.1) is 0 Å². The first-order chi connectivity index (χ1) is 7.22. The fourth-order valence-corrected chi connectivity index (χ4v) is 1.48. The summed E-state index contributed by atoms with van der Waals surface area (Å²) in [4.78, 5) is 0. The molecular formula is C11H13BrN2S. The molecule has 0 radical (unpaired) electrons. The Morgan fingerprint density at radius 1 is 1.40 bits per heavy atom. The highest BCUT2D eigenvalue weighted by Gasteiger charge is 1.92. The van der Waals surface area contributed by atoms with E-state index in [1.165, 1.54) is 5.56 Å². The van der Waals surface area contributed by atoms with Gasteiger partial charge in [0.2, 0.25) is 0 Å². The van der Waals surface area contributed by atoms with Gasteiger partial charge in [-0.05, 0) is 36.3 Å². The fourth-order valence-electron chi connectivity index (χ4n) is 1.10. The molecule has 0 aliphatic heterocycles. The van der Waals surface area contributed by atoms with Gasteiger partial charge in [0.15, 0.2) is 5.11 Å². The highest BCUT2D eigenvalue weighted by Crippen LogP contribution is 2.10. The Kier molecular flexibility index (Phi) is 5.36. The molecule has 0 spiro atoms. The molecule has 0 aliphatic carbocycles. The van der Waals surface area contributed by atoms with Crippen molar-refractivity contribution < 1.29 is 0 Å². The van der Waals surface area contributed by atoms with Gasteiger partial charge in [0, 0.05) is 11.0 Å². The fraction of sp³-hybridized carbons (Fsp3) is 0.182. The summed E-state index contributed by atoms with van der Waals surface area (Å²) < 4.78 is 0. The van der Waals surface area contributed by atoms with Crippen molar-refractivity contribution in [2.24, 2.45) is 5.73 Å². The number of hydrogen-bond acceptors (Lipinski definition) is 1. The Morgan fingerprint density at radius 3 is 2.60 bits per heavy atom. The second-order valence-electron chi connectivity index (χ2n) is 2.99. The minimum atomic E-state index is 0.289. The molecule has 0 fully saturated rings. The van der Waals surface area contributed by atoms with Gasteiger partial charge in [-0.2, -0.15) is 0 Å². The molecule has 80 valence electrons. The van der Waals surface area contributed by atoms with E-state index in [0.717, 1.165) is 17.4 Å². The maximum absolute atomic E-state index is 5.36. The summed E-state index contributed by atoms with van der Waals surface area (Å²) in [5, 5.41) is 4.16. The number of alkyl halides is 1. The summed E-state index contributed by atoms with van der Waals surface area (Å²) in [5.74, 6) is 0. The summed E-state index contributed by atoms with van der Waals surface area (Å²) in [5.41, 5.74) is 7.45. The first kappa shape index (κ1) is 12.2. The van der Waals surface area contributed by atoms with Crippen LogP contribution in [-0.2, 0) is 0 Å². The number of anilines is 1. The summed E-state index contributed by atoms with van der Waals surface area (Å²) >= 11 is 8.12. The molecule has 1 aromatic rings. The topological polar surface area (TPSA) is 38.0 Å². The number of thiocarbonyl (C=S) groups is 1. The molecule has 4 heteroatoms. The Morgan fingerprint density at radius 2 is 2.07 bits per heavy atom. The zero-order valence-corrected chi connectivity index (χ0v) is 10.6. The third-order valence-electron chi connectivity index (χ3n) is 1.76. The number of hydrogen-bond donors (Lipinski definition) is 2. The molecule has 0 aliphatic rings. The molecule has 0 saturated heterocycles. The molecule has 0 unspecified atom stereocenters. The predicted octanol–water partition coefficient (Wildman–Crippen LogP) is 3.14. The highest BCUT2D eigenvalue weighted by molar-refractivity contribution is 9.09. The second-order valence-corrected chi connectivity index (χ2v) is 4.22. The first-order valence-electron chi connectivity index (χ1n) is 4.61. The van der Waals surface area contributed by atoms with Gasteiger partial charge in [0.1, 0.15) is 0 Å². The molecule has 1 aromatic carbocycles. The molecule has 0 atom stereocenters. The van der Waals surface area contributed by atoms with E-state index in [0.29, 0.717) is 0 Å². The number of rotatable bonds is 4. The Hall–Kier alpha value is -0.870. The molecule has 0 aromatic heterocycles. The Bertz CT molecular complexity index is 346. The molecule has 0 amide bonds. The van der Waals surface area contributed by atoms with Gasteiger partial charge >= 0.3 is 0 Å². The number of nitrogens with one attached hydrogen (secondary N) is 1. The van der Waals surface area contributed by atoms with Crippen LogP contribution in [0, 0.1) is 0 Å². The van der Waals surface area contributed by atoms with Crippen LogP contribution in [0.2, 0.25) is 0 Å². The zero-order chi connectivity index (χ0) is 11.1. The van der Waals surface area contributed by atoms with E-state index in [9.17, 15) is 0 Å². The lowest BCUT2D eigenvalue weighted by Gasteiger charge is -2.03. The van der Waals surface area contributed by atoms with Crippen molar-refractivity contribution in [3.05, 3.63) is 35.9 Å². The summed E-state index contributed by atoms with van der Waals surface area (Å²) in [6, 6.07) is 7.94. The van der Waals surface area contributed by atoms with E-state index in [2.05, 4.69) is 33.4 Å². The van der Waals surface area contributed by atoms with Crippen LogP contribution < -0.4 is 11.1 Å². The third-order valence-corrected chi connectivity index (χ3v) is 2.32. The number of allylic oxidation sites excluding steroid dienone is 1. The van der Waals surface area contributed by atoms with Gasteiger partial charge in [0.25, 0.3) is 0 Å². The number of halogens is 1. The van der Waals surface area contributed by atoms with Gasteiger partial charge in [-0.3, -0.25) is 0 Å². The first-order valence-corrected chi connectivity index (χ1v) is 6.14. The van der Waals surface area contributed by atoms with E-state index in [-0.39, 0.29) is 5.11 Å². The molecule has 3 N–H and O–H groups in total. The van der Waals surface area contributed by atoms with Gasteiger partial charge in [-0.15, -0.1) is 0 Å². The van der Waals surface area contributed by atoms with Crippen LogP contribution in [0.5, 0.6) is 0 Å². The van der Waals surface area contributed by atoms with Gasteiger partial charge in [-0.1, -0.05) is 40.2 Å². The molecular weight excluding hydrogens is 272 g/mol. The standard InChI is InChI=1S/C11H13BrN2S/c12-8-2-1-3-9-4-6-10(7-5-9)14-11(13)15/h1,3-7H,2,8H2,(H3,13,14,15). The largest absolute Gasteiger partial charge is 0.376 e. The minimum Gasteiger partial charge on any atom is -0.376 e. The second kappa shape index (κ2) is 6.58. The average molecular weight is 285 g/mol. The summed E-state index contributed by atoms with van der Waals surface area (Å²) in [7, 11) is 0. The Labute approximate surface area is 104 Å². The van der Waals surface area contributed by atoms with Crippen LogP contribution in [0.15, 0.2) is 30.3 Å². The monoisotopic (exact) mass is 284 g/mol. The van der Waals surface area contributed by atoms with Gasteiger partial charge < -0.3 is 11.1 Å². The molecule has 15 heavy (non-hydrogen) atoms. The van der Waals surface area contributed by atoms with E-state index >= 15 is 0 Å². The molecule has 2 nitrogen and oxygen atoms in total.